The summed E-state index contributed by atoms with van der Waals surface area (Å²) in [5.74, 6) is -1.41. The molecule has 8 nitrogen and oxygen atoms in total. The fourth-order valence-corrected chi connectivity index (χ4v) is 3.40. The van der Waals surface area contributed by atoms with E-state index in [-0.39, 0.29) is 25.3 Å². The van der Waals surface area contributed by atoms with Crippen molar-refractivity contribution in [1.29, 1.82) is 0 Å². The van der Waals surface area contributed by atoms with Gasteiger partial charge in [0.2, 0.25) is 5.91 Å². The molecule has 6 N–H and O–H groups in total. The molecule has 2 aromatic rings. The minimum absolute atomic E-state index is 0.0748. The van der Waals surface area contributed by atoms with E-state index in [0.717, 1.165) is 31.2 Å². The molecule has 1 atom stereocenters. The molecular weight excluding hydrogens is 432 g/mol. The molecule has 0 heterocycles. The van der Waals surface area contributed by atoms with E-state index < -0.39 is 17.9 Å². The quantitative estimate of drug-likeness (QED) is 0.247. The summed E-state index contributed by atoms with van der Waals surface area (Å²) in [4.78, 5) is 40.3. The number of rotatable bonds is 14. The maximum absolute atomic E-state index is 12.0. The first kappa shape index (κ1) is 27.0. The molecule has 2 aromatic carbocycles. The average Bonchev–Trinajstić information content (AvgIpc) is 2.85. The molecule has 0 saturated heterocycles. The highest BCUT2D eigenvalue weighted by Crippen LogP contribution is 2.11. The number of nitrogens with one attached hydrogen (secondary N) is 2. The number of hydroxylamine groups is 1. The number of benzene rings is 2. The molecule has 0 aliphatic carbocycles. The van der Waals surface area contributed by atoms with Gasteiger partial charge in [-0.25, -0.2) is 4.79 Å². The smallest absolute Gasteiger partial charge is 0.334 e. The van der Waals surface area contributed by atoms with E-state index in [4.69, 9.17) is 16.3 Å². The number of unbranched alkanes of at least 4 members (excludes halogenated alkanes) is 1. The second kappa shape index (κ2) is 15.6. The van der Waals surface area contributed by atoms with Gasteiger partial charge in [-0.15, -0.1) is 0 Å². The zero-order valence-electron chi connectivity index (χ0n) is 19.6. The fourth-order valence-electron chi connectivity index (χ4n) is 3.40. The first-order valence-electron chi connectivity index (χ1n) is 11.8. The Morgan fingerprint density at radius 2 is 1.47 bits per heavy atom. The second-order valence-corrected chi connectivity index (χ2v) is 8.26. The Kier molecular flexibility index (Phi) is 12.4. The van der Waals surface area contributed by atoms with Crippen LogP contribution in [-0.4, -0.2) is 36.9 Å². The maximum Gasteiger partial charge on any atom is 0.334 e. The van der Waals surface area contributed by atoms with Crippen LogP contribution in [-0.2, 0) is 38.5 Å². The summed E-state index contributed by atoms with van der Waals surface area (Å²) in [6, 6.07) is 17.7. The molecule has 2 amide bonds. The van der Waals surface area contributed by atoms with Crippen LogP contribution in [0.2, 0.25) is 0 Å². The summed E-state index contributed by atoms with van der Waals surface area (Å²) in [5, 5.41) is 2.56. The van der Waals surface area contributed by atoms with Crippen LogP contribution >= 0.6 is 0 Å². The molecular formula is C26H36N4O4. The van der Waals surface area contributed by atoms with E-state index in [2.05, 4.69) is 35.1 Å². The van der Waals surface area contributed by atoms with Gasteiger partial charge in [0.1, 0.15) is 0 Å². The molecule has 0 bridgehead atoms. The van der Waals surface area contributed by atoms with Gasteiger partial charge < -0.3 is 21.6 Å². The molecule has 0 radical (unpaired) electrons. The van der Waals surface area contributed by atoms with Crippen LogP contribution in [0, 0.1) is 0 Å². The highest BCUT2D eigenvalue weighted by atomic mass is 16.7. The Labute approximate surface area is 201 Å². The van der Waals surface area contributed by atoms with Crippen molar-refractivity contribution >= 4 is 17.8 Å². The van der Waals surface area contributed by atoms with E-state index in [1.54, 1.807) is 0 Å². The molecule has 1 unspecified atom stereocenters. The van der Waals surface area contributed by atoms with Gasteiger partial charge in [0.05, 0.1) is 18.9 Å². The molecule has 0 saturated carbocycles. The zero-order valence-corrected chi connectivity index (χ0v) is 19.6. The molecule has 8 heteroatoms. The van der Waals surface area contributed by atoms with Crippen molar-refractivity contribution in [3.63, 3.8) is 0 Å². The van der Waals surface area contributed by atoms with E-state index in [9.17, 15) is 14.4 Å². The molecule has 2 rings (SSSR count). The summed E-state index contributed by atoms with van der Waals surface area (Å²) in [7, 11) is 0. The van der Waals surface area contributed by atoms with E-state index in [1.807, 2.05) is 30.3 Å². The van der Waals surface area contributed by atoms with Gasteiger partial charge in [0.15, 0.2) is 0 Å². The van der Waals surface area contributed by atoms with Gasteiger partial charge in [0, 0.05) is 6.54 Å². The summed E-state index contributed by atoms with van der Waals surface area (Å²) < 4.78 is 0. The lowest BCUT2D eigenvalue weighted by Crippen LogP contribution is -2.41. The normalized spacial score (nSPS) is 11.5. The highest BCUT2D eigenvalue weighted by molar-refractivity contribution is 5.82. The monoisotopic (exact) mass is 468 g/mol. The van der Waals surface area contributed by atoms with Crippen molar-refractivity contribution in [2.24, 2.45) is 11.5 Å². The SMILES string of the molecule is NCCCC(N)C(=O)NCCC(=O)ONC(=O)Cc1ccc(CCCCc2ccccc2)cc1. The van der Waals surface area contributed by atoms with Crippen molar-refractivity contribution in [2.75, 3.05) is 13.1 Å². The molecule has 0 aliphatic heterocycles. The standard InChI is InChI=1S/C26H36N4O4/c27-17-6-11-23(28)26(33)29-18-16-25(32)34-30-24(31)19-22-14-12-21(13-15-22)10-5-4-9-20-7-2-1-3-8-20/h1-3,7-8,12-15,23H,4-6,9-11,16-19,27-28H2,(H,29,33)(H,30,31). The van der Waals surface area contributed by atoms with Crippen molar-refractivity contribution in [3.05, 3.63) is 71.3 Å². The van der Waals surface area contributed by atoms with Crippen LogP contribution < -0.4 is 22.3 Å². The number of carbonyl (C=O) groups excluding carboxylic acids is 3. The van der Waals surface area contributed by atoms with Gasteiger partial charge in [-0.05, 0) is 61.8 Å². The number of aryl methyl sites for hydroxylation is 2. The summed E-state index contributed by atoms with van der Waals surface area (Å²) >= 11 is 0. The van der Waals surface area contributed by atoms with Gasteiger partial charge in [-0.3, -0.25) is 9.59 Å². The van der Waals surface area contributed by atoms with Crippen LogP contribution in [0.3, 0.4) is 0 Å². The van der Waals surface area contributed by atoms with E-state index >= 15 is 0 Å². The highest BCUT2D eigenvalue weighted by Gasteiger charge is 2.13. The Morgan fingerprint density at radius 1 is 0.853 bits per heavy atom. The lowest BCUT2D eigenvalue weighted by molar-refractivity contribution is -0.158. The molecule has 184 valence electrons. The fraction of sp³-hybridized carbons (Fsp3) is 0.423. The van der Waals surface area contributed by atoms with Crippen molar-refractivity contribution in [3.8, 4) is 0 Å². The lowest BCUT2D eigenvalue weighted by atomic mass is 10.0. The minimum Gasteiger partial charge on any atom is -0.354 e. The third-order valence-corrected chi connectivity index (χ3v) is 5.37. The Morgan fingerprint density at radius 3 is 2.12 bits per heavy atom. The Balaban J connectivity index is 1.58. The number of hydrogen-bond donors (Lipinski definition) is 4. The molecule has 34 heavy (non-hydrogen) atoms. The van der Waals surface area contributed by atoms with Gasteiger partial charge >= 0.3 is 5.97 Å². The Bertz CT molecular complexity index is 887. The zero-order chi connectivity index (χ0) is 24.6. The number of nitrogens with two attached hydrogens (primary N) is 2. The van der Waals surface area contributed by atoms with Crippen LogP contribution in [0.4, 0.5) is 0 Å². The first-order chi connectivity index (χ1) is 16.5. The lowest BCUT2D eigenvalue weighted by Gasteiger charge is -2.11. The average molecular weight is 469 g/mol. The maximum atomic E-state index is 12.0. The third kappa shape index (κ3) is 11.1. The van der Waals surface area contributed by atoms with Crippen molar-refractivity contribution in [2.45, 2.75) is 57.4 Å². The summed E-state index contributed by atoms with van der Waals surface area (Å²) in [6.45, 7) is 0.545. The Hall–Kier alpha value is -3.23. The van der Waals surface area contributed by atoms with Gasteiger partial charge in [-0.2, -0.15) is 5.48 Å². The molecule has 0 fully saturated rings. The predicted octanol–water partition coefficient (Wildman–Crippen LogP) is 1.94. The predicted molar refractivity (Wildman–Crippen MR) is 131 cm³/mol. The molecule has 0 aromatic heterocycles. The van der Waals surface area contributed by atoms with Crippen molar-refractivity contribution in [1.82, 2.24) is 10.8 Å². The van der Waals surface area contributed by atoms with Crippen LogP contribution in [0.1, 0.15) is 48.8 Å². The van der Waals surface area contributed by atoms with Crippen LogP contribution in [0.15, 0.2) is 54.6 Å². The van der Waals surface area contributed by atoms with Crippen LogP contribution in [0.25, 0.3) is 0 Å². The number of amides is 2. The van der Waals surface area contributed by atoms with Gasteiger partial charge in [-0.1, -0.05) is 54.6 Å². The second-order valence-electron chi connectivity index (χ2n) is 8.26. The molecule has 0 spiro atoms. The minimum atomic E-state index is -0.653. The van der Waals surface area contributed by atoms with Crippen LogP contribution in [0.5, 0.6) is 0 Å². The third-order valence-electron chi connectivity index (χ3n) is 5.37. The van der Waals surface area contributed by atoms with E-state index in [0.29, 0.717) is 19.4 Å². The first-order valence-corrected chi connectivity index (χ1v) is 11.8. The molecule has 0 aliphatic rings. The largest absolute Gasteiger partial charge is 0.354 e. The van der Waals surface area contributed by atoms with Crippen molar-refractivity contribution < 1.29 is 19.2 Å². The van der Waals surface area contributed by atoms with Gasteiger partial charge in [0.25, 0.3) is 5.91 Å². The topological polar surface area (TPSA) is 137 Å². The van der Waals surface area contributed by atoms with E-state index in [1.165, 1.54) is 11.1 Å². The number of hydrogen-bond acceptors (Lipinski definition) is 6. The summed E-state index contributed by atoms with van der Waals surface area (Å²) in [5.41, 5.74) is 16.7. The number of carbonyl (C=O) groups is 3. The summed E-state index contributed by atoms with van der Waals surface area (Å²) in [6.07, 6.45) is 5.47.